The number of anilines is 1. The Kier molecular flexibility index (Phi) is 5.42. The standard InChI is InChI=1S/C23H26N4O5/c28-22-5-1-4-20-17-9-15(13-26(20)22)12-25(14-17)23(29)16-6-7-19(21(10-16)27(30)31)24-11-18-3-2-8-32-18/h1,4-7,10,15,17-18,24H,2-3,8-9,11-14H2/t15-,17+,18+/m1/s1. The van der Waals surface area contributed by atoms with Gasteiger partial charge in [0.15, 0.2) is 0 Å². The average molecular weight is 438 g/mol. The van der Waals surface area contributed by atoms with Crippen LogP contribution in [0.2, 0.25) is 0 Å². The van der Waals surface area contributed by atoms with Crippen LogP contribution in [-0.4, -0.2) is 52.6 Å². The Labute approximate surface area is 185 Å². The average Bonchev–Trinajstić information content (AvgIpc) is 3.31. The second-order valence-electron chi connectivity index (χ2n) is 8.91. The van der Waals surface area contributed by atoms with Gasteiger partial charge < -0.3 is 19.5 Å². The van der Waals surface area contributed by atoms with Gasteiger partial charge in [0.2, 0.25) is 0 Å². The summed E-state index contributed by atoms with van der Waals surface area (Å²) in [5.41, 5.74) is 1.56. The van der Waals surface area contributed by atoms with Crippen LogP contribution in [-0.2, 0) is 11.3 Å². The first-order valence-corrected chi connectivity index (χ1v) is 11.1. The highest BCUT2D eigenvalue weighted by atomic mass is 16.6. The molecule has 2 aromatic rings. The maximum absolute atomic E-state index is 13.3. The van der Waals surface area contributed by atoms with Gasteiger partial charge in [0.25, 0.3) is 17.2 Å². The number of pyridine rings is 1. The molecule has 0 unspecified atom stereocenters. The number of ether oxygens (including phenoxy) is 1. The lowest BCUT2D eigenvalue weighted by Gasteiger charge is -2.42. The van der Waals surface area contributed by atoms with E-state index in [-0.39, 0.29) is 35.1 Å². The Bertz CT molecular complexity index is 1110. The van der Waals surface area contributed by atoms with Crippen molar-refractivity contribution in [2.24, 2.45) is 5.92 Å². The number of piperidine rings is 1. The van der Waals surface area contributed by atoms with Gasteiger partial charge >= 0.3 is 0 Å². The maximum Gasteiger partial charge on any atom is 0.293 e. The third kappa shape index (κ3) is 3.88. The van der Waals surface area contributed by atoms with E-state index in [1.54, 1.807) is 29.2 Å². The zero-order valence-electron chi connectivity index (χ0n) is 17.7. The smallest absolute Gasteiger partial charge is 0.293 e. The summed E-state index contributed by atoms with van der Waals surface area (Å²) < 4.78 is 7.39. The maximum atomic E-state index is 13.3. The fourth-order valence-electron chi connectivity index (χ4n) is 5.24. The van der Waals surface area contributed by atoms with Crippen LogP contribution in [0, 0.1) is 16.0 Å². The van der Waals surface area contributed by atoms with Gasteiger partial charge in [0.1, 0.15) is 5.69 Å². The number of hydrogen-bond donors (Lipinski definition) is 1. The molecule has 5 rings (SSSR count). The van der Waals surface area contributed by atoms with Crippen molar-refractivity contribution in [3.05, 3.63) is 68.1 Å². The summed E-state index contributed by atoms with van der Waals surface area (Å²) in [7, 11) is 0. The quantitative estimate of drug-likeness (QED) is 0.568. The second-order valence-corrected chi connectivity index (χ2v) is 8.91. The number of nitrogens with zero attached hydrogens (tertiary/aromatic N) is 3. The molecule has 2 fully saturated rings. The molecule has 4 heterocycles. The number of rotatable bonds is 5. The van der Waals surface area contributed by atoms with Gasteiger partial charge in [0.05, 0.1) is 11.0 Å². The molecule has 3 aliphatic heterocycles. The van der Waals surface area contributed by atoms with Gasteiger partial charge in [-0.3, -0.25) is 19.7 Å². The molecule has 9 heteroatoms. The highest BCUT2D eigenvalue weighted by Crippen LogP contribution is 2.36. The number of carbonyl (C=O) groups is 1. The normalized spacial score (nSPS) is 24.1. The molecular weight excluding hydrogens is 412 g/mol. The summed E-state index contributed by atoms with van der Waals surface area (Å²) in [5.74, 6) is 0.0931. The van der Waals surface area contributed by atoms with Gasteiger partial charge in [-0.1, -0.05) is 6.07 Å². The lowest BCUT2D eigenvalue weighted by molar-refractivity contribution is -0.384. The number of nitrogens with one attached hydrogen (secondary N) is 1. The first-order chi connectivity index (χ1) is 15.5. The fraction of sp³-hybridized carbons (Fsp3) is 0.478. The number of nitro groups is 1. The van der Waals surface area contributed by atoms with Crippen LogP contribution in [0.5, 0.6) is 0 Å². The van der Waals surface area contributed by atoms with E-state index in [1.165, 1.54) is 6.07 Å². The SMILES string of the molecule is O=C(c1ccc(NC[C@@H]2CCCO2)c([N+](=O)[O-])c1)N1C[C@H]2C[C@@H](C1)c1cccc(=O)n1C2. The minimum atomic E-state index is -0.456. The van der Waals surface area contributed by atoms with Crippen molar-refractivity contribution >= 4 is 17.3 Å². The lowest BCUT2D eigenvalue weighted by Crippen LogP contribution is -2.49. The molecule has 3 aliphatic rings. The number of amides is 1. The third-order valence-corrected chi connectivity index (χ3v) is 6.75. The van der Waals surface area contributed by atoms with Crippen molar-refractivity contribution in [2.75, 3.05) is 31.6 Å². The van der Waals surface area contributed by atoms with Crippen molar-refractivity contribution < 1.29 is 14.5 Å². The number of hydrogen-bond acceptors (Lipinski definition) is 6. The van der Waals surface area contributed by atoms with E-state index >= 15 is 0 Å². The number of aromatic nitrogens is 1. The minimum absolute atomic E-state index is 0.00121. The van der Waals surface area contributed by atoms with Gasteiger partial charge in [-0.25, -0.2) is 0 Å². The van der Waals surface area contributed by atoms with Gasteiger partial charge in [0, 0.05) is 62.1 Å². The topological polar surface area (TPSA) is 107 Å². The van der Waals surface area contributed by atoms with E-state index in [4.69, 9.17) is 4.74 Å². The Morgan fingerprint density at radius 3 is 2.88 bits per heavy atom. The summed E-state index contributed by atoms with van der Waals surface area (Å²) in [4.78, 5) is 38.5. The van der Waals surface area contributed by atoms with Gasteiger partial charge in [-0.05, 0) is 43.4 Å². The summed E-state index contributed by atoms with van der Waals surface area (Å²) in [6, 6.07) is 9.91. The first-order valence-electron chi connectivity index (χ1n) is 11.1. The number of carbonyl (C=O) groups excluding carboxylic acids is 1. The summed E-state index contributed by atoms with van der Waals surface area (Å²) in [5, 5.41) is 14.8. The molecule has 1 amide bonds. The number of benzene rings is 1. The zero-order chi connectivity index (χ0) is 22.2. The molecule has 1 N–H and O–H groups in total. The largest absolute Gasteiger partial charge is 0.377 e. The first kappa shape index (κ1) is 20.7. The highest BCUT2D eigenvalue weighted by molar-refractivity contribution is 5.96. The van der Waals surface area contributed by atoms with Crippen LogP contribution in [0.3, 0.4) is 0 Å². The van der Waals surface area contributed by atoms with Crippen molar-refractivity contribution in [2.45, 2.75) is 37.8 Å². The third-order valence-electron chi connectivity index (χ3n) is 6.75. The Morgan fingerprint density at radius 2 is 2.09 bits per heavy atom. The van der Waals surface area contributed by atoms with E-state index in [9.17, 15) is 19.7 Å². The highest BCUT2D eigenvalue weighted by Gasteiger charge is 2.36. The molecule has 2 saturated heterocycles. The van der Waals surface area contributed by atoms with E-state index in [0.29, 0.717) is 37.4 Å². The predicted molar refractivity (Wildman–Crippen MR) is 118 cm³/mol. The predicted octanol–water partition coefficient (Wildman–Crippen LogP) is 2.61. The van der Waals surface area contributed by atoms with E-state index in [1.807, 2.05) is 10.6 Å². The lowest BCUT2D eigenvalue weighted by atomic mass is 9.83. The molecular formula is C23H26N4O5. The molecule has 9 nitrogen and oxygen atoms in total. The van der Waals surface area contributed by atoms with E-state index in [2.05, 4.69) is 5.32 Å². The summed E-state index contributed by atoms with van der Waals surface area (Å²) >= 11 is 0. The molecule has 0 aliphatic carbocycles. The van der Waals surface area contributed by atoms with Crippen molar-refractivity contribution in [3.8, 4) is 0 Å². The van der Waals surface area contributed by atoms with Crippen LogP contribution in [0.1, 0.15) is 41.2 Å². The van der Waals surface area contributed by atoms with Crippen LogP contribution in [0.15, 0.2) is 41.2 Å². The number of fused-ring (bicyclic) bond motifs is 4. The summed E-state index contributed by atoms with van der Waals surface area (Å²) in [6.45, 7) is 2.87. The molecule has 0 radical (unpaired) electrons. The fourth-order valence-corrected chi connectivity index (χ4v) is 5.24. The second kappa shape index (κ2) is 8.38. The van der Waals surface area contributed by atoms with Crippen LogP contribution in [0.25, 0.3) is 0 Å². The van der Waals surface area contributed by atoms with Crippen LogP contribution in [0.4, 0.5) is 11.4 Å². The number of nitro benzene ring substituents is 1. The van der Waals surface area contributed by atoms with Crippen molar-refractivity contribution in [1.29, 1.82) is 0 Å². The van der Waals surface area contributed by atoms with Crippen molar-refractivity contribution in [3.63, 3.8) is 0 Å². The molecule has 168 valence electrons. The van der Waals surface area contributed by atoms with Crippen molar-refractivity contribution in [1.82, 2.24) is 9.47 Å². The minimum Gasteiger partial charge on any atom is -0.377 e. The zero-order valence-corrected chi connectivity index (χ0v) is 17.7. The van der Waals surface area contributed by atoms with E-state index in [0.717, 1.165) is 31.6 Å². The summed E-state index contributed by atoms with van der Waals surface area (Å²) in [6.07, 6.45) is 2.93. The molecule has 1 aromatic carbocycles. The molecule has 1 aromatic heterocycles. The molecule has 0 saturated carbocycles. The van der Waals surface area contributed by atoms with Gasteiger partial charge in [-0.15, -0.1) is 0 Å². The Morgan fingerprint density at radius 1 is 1.22 bits per heavy atom. The Balaban J connectivity index is 1.34. The molecule has 0 spiro atoms. The Hall–Kier alpha value is -3.20. The van der Waals surface area contributed by atoms with Gasteiger partial charge in [-0.2, -0.15) is 0 Å². The molecule has 3 atom stereocenters. The monoisotopic (exact) mass is 438 g/mol. The molecule has 32 heavy (non-hydrogen) atoms. The van der Waals surface area contributed by atoms with Crippen LogP contribution < -0.4 is 10.9 Å². The molecule has 2 bridgehead atoms. The van der Waals surface area contributed by atoms with E-state index < -0.39 is 4.92 Å². The number of likely N-dealkylation sites (tertiary alicyclic amines) is 1. The van der Waals surface area contributed by atoms with Crippen LogP contribution >= 0.6 is 0 Å².